The van der Waals surface area contributed by atoms with Crippen LogP contribution in [-0.2, 0) is 9.53 Å². The number of hydrogen-bond acceptors (Lipinski definition) is 3. The van der Waals surface area contributed by atoms with Crippen molar-refractivity contribution in [2.75, 3.05) is 19.8 Å². The average Bonchev–Trinajstić information content (AvgIpc) is 2.38. The van der Waals surface area contributed by atoms with Gasteiger partial charge in [0.15, 0.2) is 6.04 Å². The van der Waals surface area contributed by atoms with Crippen LogP contribution >= 0.6 is 15.9 Å². The Morgan fingerprint density at radius 1 is 1.44 bits per heavy atom. The second-order valence-corrected chi connectivity index (χ2v) is 4.85. The summed E-state index contributed by atoms with van der Waals surface area (Å²) in [6, 6.07) is 5.99. The van der Waals surface area contributed by atoms with Gasteiger partial charge in [-0.1, -0.05) is 22.0 Å². The van der Waals surface area contributed by atoms with Crippen LogP contribution in [0.15, 0.2) is 28.7 Å². The highest BCUT2D eigenvalue weighted by Gasteiger charge is 2.33. The van der Waals surface area contributed by atoms with Gasteiger partial charge in [0.1, 0.15) is 0 Å². The molecule has 6 heteroatoms. The predicted molar refractivity (Wildman–Crippen MR) is 67.4 cm³/mol. The number of morpholine rings is 1. The maximum Gasteiger partial charge on any atom is 0.328 e. The molecule has 0 spiro atoms. The van der Waals surface area contributed by atoms with E-state index in [-0.39, 0.29) is 12.5 Å². The topological polar surface area (TPSA) is 66.8 Å². The maximum atomic E-state index is 12.3. The summed E-state index contributed by atoms with van der Waals surface area (Å²) in [6.07, 6.45) is 0. The maximum absolute atomic E-state index is 12.3. The third-order valence-corrected chi connectivity index (χ3v) is 3.24. The molecule has 1 aliphatic heterocycles. The molecule has 1 aliphatic rings. The fourth-order valence-electron chi connectivity index (χ4n) is 1.84. The van der Waals surface area contributed by atoms with E-state index in [0.29, 0.717) is 18.7 Å². The Balaban J connectivity index is 2.23. The number of carboxylic acid groups (broad SMARTS) is 1. The van der Waals surface area contributed by atoms with Crippen molar-refractivity contribution in [2.24, 2.45) is 0 Å². The first-order chi connectivity index (χ1) is 8.59. The molecule has 5 nitrogen and oxygen atoms in total. The number of amides is 1. The first-order valence-corrected chi connectivity index (χ1v) is 6.26. The zero-order chi connectivity index (χ0) is 13.1. The van der Waals surface area contributed by atoms with E-state index in [1.165, 1.54) is 4.90 Å². The zero-order valence-corrected chi connectivity index (χ0v) is 11.1. The van der Waals surface area contributed by atoms with Crippen molar-refractivity contribution in [1.29, 1.82) is 0 Å². The van der Waals surface area contributed by atoms with Crippen molar-refractivity contribution in [3.63, 3.8) is 0 Å². The van der Waals surface area contributed by atoms with Crippen molar-refractivity contribution >= 4 is 27.8 Å². The van der Waals surface area contributed by atoms with E-state index in [1.807, 2.05) is 6.07 Å². The Hall–Kier alpha value is -1.40. The molecule has 2 rings (SSSR count). The third-order valence-electron chi connectivity index (χ3n) is 2.75. The molecule has 1 fully saturated rings. The second-order valence-electron chi connectivity index (χ2n) is 3.94. The average molecular weight is 314 g/mol. The molecule has 0 aliphatic carbocycles. The Morgan fingerprint density at radius 2 is 2.22 bits per heavy atom. The van der Waals surface area contributed by atoms with Crippen LogP contribution in [0.25, 0.3) is 0 Å². The van der Waals surface area contributed by atoms with E-state index < -0.39 is 12.0 Å². The highest BCUT2D eigenvalue weighted by molar-refractivity contribution is 9.10. The highest BCUT2D eigenvalue weighted by Crippen LogP contribution is 2.16. The first-order valence-electron chi connectivity index (χ1n) is 5.46. The third kappa shape index (κ3) is 2.70. The van der Waals surface area contributed by atoms with Crippen molar-refractivity contribution in [3.05, 3.63) is 34.3 Å². The van der Waals surface area contributed by atoms with Crippen molar-refractivity contribution in [3.8, 4) is 0 Å². The van der Waals surface area contributed by atoms with Crippen LogP contribution in [0.1, 0.15) is 10.4 Å². The summed E-state index contributed by atoms with van der Waals surface area (Å²) in [5.74, 6) is -1.33. The monoisotopic (exact) mass is 313 g/mol. The summed E-state index contributed by atoms with van der Waals surface area (Å²) >= 11 is 3.29. The molecule has 96 valence electrons. The number of rotatable bonds is 2. The van der Waals surface area contributed by atoms with Gasteiger partial charge in [0, 0.05) is 16.6 Å². The van der Waals surface area contributed by atoms with E-state index in [1.54, 1.807) is 18.2 Å². The van der Waals surface area contributed by atoms with Crippen LogP contribution in [0.4, 0.5) is 0 Å². The Bertz CT molecular complexity index is 477. The molecule has 1 aromatic carbocycles. The lowest BCUT2D eigenvalue weighted by Gasteiger charge is -2.32. The largest absolute Gasteiger partial charge is 0.480 e. The van der Waals surface area contributed by atoms with Crippen LogP contribution in [-0.4, -0.2) is 47.7 Å². The number of carbonyl (C=O) groups excluding carboxylic acids is 1. The molecule has 1 amide bonds. The number of aliphatic carboxylic acids is 1. The number of nitrogens with zero attached hydrogens (tertiary/aromatic N) is 1. The normalized spacial score (nSPS) is 19.6. The first kappa shape index (κ1) is 13.0. The second kappa shape index (κ2) is 5.49. The Labute approximate surface area is 112 Å². The van der Waals surface area contributed by atoms with Crippen molar-refractivity contribution < 1.29 is 19.4 Å². The molecule has 1 N–H and O–H groups in total. The van der Waals surface area contributed by atoms with Crippen LogP contribution in [0.2, 0.25) is 0 Å². The Kier molecular flexibility index (Phi) is 3.98. The lowest BCUT2D eigenvalue weighted by Crippen LogP contribution is -2.52. The predicted octanol–water partition coefficient (Wildman–Crippen LogP) is 1.37. The SMILES string of the molecule is O=C(O)C1COCCN1C(=O)c1cccc(Br)c1. The molecule has 1 saturated heterocycles. The van der Waals surface area contributed by atoms with Gasteiger partial charge >= 0.3 is 5.97 Å². The Morgan fingerprint density at radius 3 is 2.89 bits per heavy atom. The summed E-state index contributed by atoms with van der Waals surface area (Å²) in [5.41, 5.74) is 0.470. The molecule has 0 saturated carbocycles. The summed E-state index contributed by atoms with van der Waals surface area (Å²) < 4.78 is 5.89. The van der Waals surface area contributed by atoms with Gasteiger partial charge in [-0.2, -0.15) is 0 Å². The van der Waals surface area contributed by atoms with Crippen LogP contribution < -0.4 is 0 Å². The van der Waals surface area contributed by atoms with Gasteiger partial charge < -0.3 is 14.7 Å². The van der Waals surface area contributed by atoms with Crippen molar-refractivity contribution in [2.45, 2.75) is 6.04 Å². The van der Waals surface area contributed by atoms with E-state index in [9.17, 15) is 9.59 Å². The molecule has 1 atom stereocenters. The van der Waals surface area contributed by atoms with Crippen LogP contribution in [0.3, 0.4) is 0 Å². The summed E-state index contributed by atoms with van der Waals surface area (Å²) in [5, 5.41) is 9.08. The number of ether oxygens (including phenoxy) is 1. The van der Waals surface area contributed by atoms with Gasteiger partial charge in [0.25, 0.3) is 5.91 Å². The van der Waals surface area contributed by atoms with Gasteiger partial charge in [-0.15, -0.1) is 0 Å². The minimum atomic E-state index is -1.04. The van der Waals surface area contributed by atoms with Crippen LogP contribution in [0, 0.1) is 0 Å². The van der Waals surface area contributed by atoms with E-state index in [4.69, 9.17) is 9.84 Å². The summed E-state index contributed by atoms with van der Waals surface area (Å²) in [7, 11) is 0. The van der Waals surface area contributed by atoms with Gasteiger partial charge in [-0.05, 0) is 18.2 Å². The fourth-order valence-corrected chi connectivity index (χ4v) is 2.24. The standard InChI is InChI=1S/C12H12BrNO4/c13-9-3-1-2-8(6-9)11(15)14-4-5-18-7-10(14)12(16)17/h1-3,6,10H,4-5,7H2,(H,16,17). The van der Waals surface area contributed by atoms with Gasteiger partial charge in [0.05, 0.1) is 13.2 Å². The fraction of sp³-hybridized carbons (Fsp3) is 0.333. The van der Waals surface area contributed by atoms with Crippen LogP contribution in [0.5, 0.6) is 0 Å². The minimum absolute atomic E-state index is 0.0368. The van der Waals surface area contributed by atoms with E-state index in [2.05, 4.69) is 15.9 Å². The molecule has 0 aromatic heterocycles. The van der Waals surface area contributed by atoms with Crippen molar-refractivity contribution in [1.82, 2.24) is 4.90 Å². The summed E-state index contributed by atoms with van der Waals surface area (Å²) in [6.45, 7) is 0.695. The van der Waals surface area contributed by atoms with Gasteiger partial charge in [0.2, 0.25) is 0 Å². The van der Waals surface area contributed by atoms with Gasteiger partial charge in [-0.3, -0.25) is 4.79 Å². The number of halogens is 1. The molecule has 1 aromatic rings. The smallest absolute Gasteiger partial charge is 0.328 e. The van der Waals surface area contributed by atoms with E-state index >= 15 is 0 Å². The minimum Gasteiger partial charge on any atom is -0.480 e. The highest BCUT2D eigenvalue weighted by atomic mass is 79.9. The molecule has 1 heterocycles. The molecule has 0 radical (unpaired) electrons. The molecular formula is C12H12BrNO4. The quantitative estimate of drug-likeness (QED) is 0.895. The number of hydrogen-bond donors (Lipinski definition) is 1. The molecule has 1 unspecified atom stereocenters. The lowest BCUT2D eigenvalue weighted by atomic mass is 10.1. The molecule has 18 heavy (non-hydrogen) atoms. The number of carboxylic acids is 1. The molecular weight excluding hydrogens is 302 g/mol. The lowest BCUT2D eigenvalue weighted by molar-refractivity contribution is -0.147. The molecule has 0 bridgehead atoms. The van der Waals surface area contributed by atoms with E-state index in [0.717, 1.165) is 4.47 Å². The van der Waals surface area contributed by atoms with Gasteiger partial charge in [-0.25, -0.2) is 4.79 Å². The summed E-state index contributed by atoms with van der Waals surface area (Å²) in [4.78, 5) is 24.7. The number of carbonyl (C=O) groups is 2. The zero-order valence-electron chi connectivity index (χ0n) is 9.51. The number of benzene rings is 1.